The van der Waals surface area contributed by atoms with Gasteiger partial charge >= 0.3 is 0 Å². The highest BCUT2D eigenvalue weighted by Gasteiger charge is 2.31. The van der Waals surface area contributed by atoms with E-state index < -0.39 is 0 Å². The second-order valence-electron chi connectivity index (χ2n) is 5.85. The molecule has 0 aromatic rings. The van der Waals surface area contributed by atoms with Crippen LogP contribution in [-0.4, -0.2) is 54.5 Å². The van der Waals surface area contributed by atoms with Gasteiger partial charge in [-0.15, -0.1) is 0 Å². The molecule has 1 atom stereocenters. The first-order chi connectivity index (χ1) is 8.45. The topological polar surface area (TPSA) is 49.6 Å². The number of carbonyl (C=O) groups is 1. The number of carbonyl (C=O) groups excluding carboxylic acids is 1. The number of hydrogen-bond donors (Lipinski definition) is 1. The van der Waals surface area contributed by atoms with Crippen LogP contribution < -0.4 is 5.73 Å². The van der Waals surface area contributed by atoms with Crippen molar-refractivity contribution < 1.29 is 4.79 Å². The molecule has 0 bridgehead atoms. The second-order valence-corrected chi connectivity index (χ2v) is 5.85. The first kappa shape index (κ1) is 15.4. The molecule has 18 heavy (non-hydrogen) atoms. The molecule has 2 N–H and O–H groups in total. The Balaban J connectivity index is 2.26. The molecule has 4 heteroatoms. The minimum Gasteiger partial charge on any atom is -0.339 e. The summed E-state index contributed by atoms with van der Waals surface area (Å²) in [6.07, 6.45) is 3.32. The third-order valence-corrected chi connectivity index (χ3v) is 3.75. The third kappa shape index (κ3) is 4.94. The van der Waals surface area contributed by atoms with Gasteiger partial charge in [0.2, 0.25) is 5.91 Å². The molecular formula is C14H29N3O. The zero-order chi connectivity index (χ0) is 13.7. The Bertz CT molecular complexity index is 264. The quantitative estimate of drug-likeness (QED) is 0.711. The zero-order valence-electron chi connectivity index (χ0n) is 12.4. The molecule has 0 radical (unpaired) electrons. The van der Waals surface area contributed by atoms with E-state index >= 15 is 0 Å². The van der Waals surface area contributed by atoms with Crippen LogP contribution in [0.25, 0.3) is 0 Å². The maximum Gasteiger partial charge on any atom is 0.236 e. The summed E-state index contributed by atoms with van der Waals surface area (Å²) < 4.78 is 0. The Morgan fingerprint density at radius 3 is 2.44 bits per heavy atom. The molecule has 0 spiro atoms. The predicted octanol–water partition coefficient (Wildman–Crippen LogP) is 1.30. The number of amides is 1. The average Bonchev–Trinajstić information content (AvgIpc) is 3.11. The zero-order valence-corrected chi connectivity index (χ0v) is 12.4. The van der Waals surface area contributed by atoms with Crippen molar-refractivity contribution in [3.63, 3.8) is 0 Å². The summed E-state index contributed by atoms with van der Waals surface area (Å²) in [5.74, 6) is 0.772. The molecule has 1 saturated carbocycles. The minimum absolute atomic E-state index is 0.230. The van der Waals surface area contributed by atoms with Crippen LogP contribution in [0, 0.1) is 5.92 Å². The number of rotatable bonds is 8. The van der Waals surface area contributed by atoms with E-state index in [0.717, 1.165) is 19.5 Å². The van der Waals surface area contributed by atoms with Crippen molar-refractivity contribution in [1.82, 2.24) is 9.80 Å². The molecule has 1 fully saturated rings. The maximum absolute atomic E-state index is 12.1. The van der Waals surface area contributed by atoms with Crippen LogP contribution in [-0.2, 0) is 4.79 Å². The Kier molecular flexibility index (Phi) is 6.09. The van der Waals surface area contributed by atoms with Crippen molar-refractivity contribution in [3.8, 4) is 0 Å². The monoisotopic (exact) mass is 255 g/mol. The largest absolute Gasteiger partial charge is 0.339 e. The summed E-state index contributed by atoms with van der Waals surface area (Å²) in [6, 6.07) is 0.752. The van der Waals surface area contributed by atoms with Crippen molar-refractivity contribution in [2.45, 2.75) is 52.1 Å². The molecule has 1 rings (SSSR count). The lowest BCUT2D eigenvalue weighted by Crippen LogP contribution is -2.41. The van der Waals surface area contributed by atoms with Gasteiger partial charge in [-0.05, 0) is 45.7 Å². The molecule has 1 amide bonds. The fraction of sp³-hybridized carbons (Fsp3) is 0.929. The van der Waals surface area contributed by atoms with E-state index in [9.17, 15) is 4.79 Å². The van der Waals surface area contributed by atoms with E-state index in [0.29, 0.717) is 18.5 Å². The van der Waals surface area contributed by atoms with Crippen LogP contribution >= 0.6 is 0 Å². The van der Waals surface area contributed by atoms with E-state index in [1.807, 2.05) is 11.9 Å². The van der Waals surface area contributed by atoms with E-state index in [4.69, 9.17) is 5.73 Å². The van der Waals surface area contributed by atoms with Crippen LogP contribution in [0.15, 0.2) is 0 Å². The van der Waals surface area contributed by atoms with Crippen LogP contribution in [0.3, 0.4) is 0 Å². The molecule has 0 heterocycles. The van der Waals surface area contributed by atoms with Gasteiger partial charge in [0, 0.05) is 18.6 Å². The van der Waals surface area contributed by atoms with Gasteiger partial charge in [0.1, 0.15) is 0 Å². The highest BCUT2D eigenvalue weighted by atomic mass is 16.2. The van der Waals surface area contributed by atoms with Gasteiger partial charge in [-0.2, -0.15) is 0 Å². The Labute approximate surface area is 111 Å². The van der Waals surface area contributed by atoms with Crippen molar-refractivity contribution in [1.29, 1.82) is 0 Å². The predicted molar refractivity (Wildman–Crippen MR) is 75.3 cm³/mol. The second kappa shape index (κ2) is 7.10. The van der Waals surface area contributed by atoms with Gasteiger partial charge in [-0.25, -0.2) is 0 Å². The smallest absolute Gasteiger partial charge is 0.236 e. The molecule has 0 aromatic carbocycles. The summed E-state index contributed by atoms with van der Waals surface area (Å²) >= 11 is 0. The third-order valence-electron chi connectivity index (χ3n) is 3.75. The SMILES string of the molecule is CCN(C(=O)CN(C)CCC(N)C(C)C)C1CC1. The number of nitrogens with zero attached hydrogens (tertiary/aromatic N) is 2. The number of nitrogens with two attached hydrogens (primary N) is 1. The van der Waals surface area contributed by atoms with Crippen molar-refractivity contribution >= 4 is 5.91 Å². The summed E-state index contributed by atoms with van der Waals surface area (Å²) in [5.41, 5.74) is 6.02. The van der Waals surface area contributed by atoms with Gasteiger partial charge in [0.15, 0.2) is 0 Å². The van der Waals surface area contributed by atoms with Gasteiger partial charge < -0.3 is 10.6 Å². The fourth-order valence-electron chi connectivity index (χ4n) is 2.13. The molecule has 0 aromatic heterocycles. The number of hydrogen-bond acceptors (Lipinski definition) is 3. The van der Waals surface area contributed by atoms with Gasteiger partial charge in [-0.1, -0.05) is 13.8 Å². The normalized spacial score (nSPS) is 17.3. The first-order valence-corrected chi connectivity index (χ1v) is 7.19. The average molecular weight is 255 g/mol. The summed E-state index contributed by atoms with van der Waals surface area (Å²) in [7, 11) is 2.01. The highest BCUT2D eigenvalue weighted by Crippen LogP contribution is 2.26. The lowest BCUT2D eigenvalue weighted by Gasteiger charge is -2.25. The van der Waals surface area contributed by atoms with Gasteiger partial charge in [0.25, 0.3) is 0 Å². The van der Waals surface area contributed by atoms with E-state index in [1.54, 1.807) is 0 Å². The van der Waals surface area contributed by atoms with Crippen molar-refractivity contribution in [2.75, 3.05) is 26.7 Å². The van der Waals surface area contributed by atoms with Crippen LogP contribution in [0.1, 0.15) is 40.0 Å². The standard InChI is InChI=1S/C14H29N3O/c1-5-17(12-6-7-12)14(18)10-16(4)9-8-13(15)11(2)3/h11-13H,5-10,15H2,1-4H3. The fourth-order valence-corrected chi connectivity index (χ4v) is 2.13. The van der Waals surface area contributed by atoms with Gasteiger partial charge in [0.05, 0.1) is 6.54 Å². The summed E-state index contributed by atoms with van der Waals surface area (Å²) in [6.45, 7) is 8.60. The maximum atomic E-state index is 12.1. The van der Waals surface area contributed by atoms with Crippen molar-refractivity contribution in [3.05, 3.63) is 0 Å². The molecule has 0 aliphatic heterocycles. The molecule has 1 unspecified atom stereocenters. The Hall–Kier alpha value is -0.610. The molecular weight excluding hydrogens is 226 g/mol. The lowest BCUT2D eigenvalue weighted by atomic mass is 10.0. The van der Waals surface area contributed by atoms with E-state index in [1.165, 1.54) is 12.8 Å². The van der Waals surface area contributed by atoms with Gasteiger partial charge in [-0.3, -0.25) is 9.69 Å². The molecule has 1 aliphatic carbocycles. The minimum atomic E-state index is 0.230. The summed E-state index contributed by atoms with van der Waals surface area (Å²) in [4.78, 5) is 16.2. The van der Waals surface area contributed by atoms with Crippen LogP contribution in [0.4, 0.5) is 0 Å². The van der Waals surface area contributed by atoms with Crippen LogP contribution in [0.2, 0.25) is 0 Å². The summed E-state index contributed by atoms with van der Waals surface area (Å²) in [5, 5.41) is 0. The number of likely N-dealkylation sites (N-methyl/N-ethyl adjacent to an activating group) is 2. The Morgan fingerprint density at radius 1 is 1.39 bits per heavy atom. The first-order valence-electron chi connectivity index (χ1n) is 7.19. The molecule has 0 saturated heterocycles. The van der Waals surface area contributed by atoms with E-state index in [-0.39, 0.29) is 11.9 Å². The van der Waals surface area contributed by atoms with E-state index in [2.05, 4.69) is 25.7 Å². The van der Waals surface area contributed by atoms with Crippen molar-refractivity contribution in [2.24, 2.45) is 11.7 Å². The molecule has 106 valence electrons. The molecule has 1 aliphatic rings. The highest BCUT2D eigenvalue weighted by molar-refractivity contribution is 5.78. The lowest BCUT2D eigenvalue weighted by molar-refractivity contribution is -0.132. The van der Waals surface area contributed by atoms with Crippen LogP contribution in [0.5, 0.6) is 0 Å². The Morgan fingerprint density at radius 2 is 2.00 bits per heavy atom. The molecule has 4 nitrogen and oxygen atoms in total.